The van der Waals surface area contributed by atoms with Crippen molar-refractivity contribution in [3.8, 4) is 0 Å². The first-order chi connectivity index (χ1) is 27.8. The van der Waals surface area contributed by atoms with Crippen LogP contribution in [0, 0.1) is 0 Å². The van der Waals surface area contributed by atoms with Gasteiger partial charge in [-0.3, -0.25) is 4.79 Å². The topological polar surface area (TPSA) is 149 Å². The van der Waals surface area contributed by atoms with E-state index in [1.165, 1.54) is 180 Å². The number of carbonyl (C=O) groups is 1. The van der Waals surface area contributed by atoms with Gasteiger partial charge in [-0.25, -0.2) is 0 Å². The molecule has 1 aliphatic heterocycles. The first kappa shape index (κ1) is 54.2. The molecule has 1 saturated heterocycles. The normalized spacial score (nSPS) is 20.9. The molecule has 6 N–H and O–H groups in total. The van der Waals surface area contributed by atoms with E-state index in [1.54, 1.807) is 0 Å². The molecule has 0 bridgehead atoms. The molecule has 0 saturated carbocycles. The van der Waals surface area contributed by atoms with Crippen LogP contribution in [0.2, 0.25) is 0 Å². The van der Waals surface area contributed by atoms with Gasteiger partial charge in [-0.2, -0.15) is 0 Å². The lowest BCUT2D eigenvalue weighted by molar-refractivity contribution is -0.302. The Morgan fingerprint density at radius 3 is 1.25 bits per heavy atom. The van der Waals surface area contributed by atoms with Crippen LogP contribution in [0.5, 0.6) is 0 Å². The Kier molecular flexibility index (Phi) is 37.4. The van der Waals surface area contributed by atoms with Crippen molar-refractivity contribution < 1.29 is 39.8 Å². The molecule has 340 valence electrons. The molecule has 0 unspecified atom stereocenters. The van der Waals surface area contributed by atoms with Crippen molar-refractivity contribution in [2.24, 2.45) is 0 Å². The highest BCUT2D eigenvalue weighted by atomic mass is 16.7. The number of carbonyl (C=O) groups excluding carboxylic acids is 1. The van der Waals surface area contributed by atoms with Gasteiger partial charge in [-0.1, -0.05) is 226 Å². The van der Waals surface area contributed by atoms with Gasteiger partial charge in [0.1, 0.15) is 24.4 Å². The van der Waals surface area contributed by atoms with Gasteiger partial charge in [-0.15, -0.1) is 0 Å². The largest absolute Gasteiger partial charge is 0.394 e. The van der Waals surface area contributed by atoms with Gasteiger partial charge in [0.15, 0.2) is 6.29 Å². The maximum atomic E-state index is 13.0. The van der Waals surface area contributed by atoms with Gasteiger partial charge in [0.05, 0.1) is 25.4 Å². The molecule has 0 aliphatic carbocycles. The molecule has 1 heterocycles. The zero-order chi connectivity index (χ0) is 41.6. The minimum atomic E-state index is -1.55. The van der Waals surface area contributed by atoms with Crippen LogP contribution in [-0.2, 0) is 14.3 Å². The van der Waals surface area contributed by atoms with Crippen LogP contribution in [0.15, 0.2) is 0 Å². The third kappa shape index (κ3) is 30.0. The fraction of sp³-hybridized carbons (Fsp3) is 0.979. The van der Waals surface area contributed by atoms with Crippen LogP contribution in [0.4, 0.5) is 0 Å². The van der Waals surface area contributed by atoms with Crippen LogP contribution >= 0.6 is 0 Å². The summed E-state index contributed by atoms with van der Waals surface area (Å²) in [6.07, 6.45) is 36.8. The van der Waals surface area contributed by atoms with E-state index in [1.807, 2.05) is 0 Å². The van der Waals surface area contributed by atoms with E-state index in [0.29, 0.717) is 12.8 Å². The third-order valence-electron chi connectivity index (χ3n) is 12.2. The molecule has 9 nitrogen and oxygen atoms in total. The van der Waals surface area contributed by atoms with E-state index in [9.17, 15) is 30.3 Å². The smallest absolute Gasteiger partial charge is 0.220 e. The number of nitrogens with one attached hydrogen (secondary N) is 1. The quantitative estimate of drug-likeness (QED) is 0.0334. The first-order valence-corrected chi connectivity index (χ1v) is 24.7. The first-order valence-electron chi connectivity index (χ1n) is 24.7. The van der Waals surface area contributed by atoms with Gasteiger partial charge >= 0.3 is 0 Å². The van der Waals surface area contributed by atoms with Crippen molar-refractivity contribution in [1.82, 2.24) is 5.32 Å². The highest BCUT2D eigenvalue weighted by Gasteiger charge is 2.44. The Morgan fingerprint density at radius 1 is 0.526 bits per heavy atom. The van der Waals surface area contributed by atoms with E-state index in [0.717, 1.165) is 38.5 Å². The summed E-state index contributed by atoms with van der Waals surface area (Å²) in [4.78, 5) is 13.0. The summed E-state index contributed by atoms with van der Waals surface area (Å²) in [5, 5.41) is 54.4. The summed E-state index contributed by atoms with van der Waals surface area (Å²) in [5.74, 6) is -0.139. The lowest BCUT2D eigenvalue weighted by atomic mass is 9.99. The van der Waals surface area contributed by atoms with Crippen LogP contribution in [0.3, 0.4) is 0 Å². The van der Waals surface area contributed by atoms with Crippen LogP contribution in [0.1, 0.15) is 245 Å². The number of unbranched alkanes of at least 4 members (excludes halogenated alkanes) is 32. The molecular formula is C48H95NO8. The van der Waals surface area contributed by atoms with Crippen LogP contribution in [-0.4, -0.2) is 87.5 Å². The van der Waals surface area contributed by atoms with E-state index in [2.05, 4.69) is 19.2 Å². The lowest BCUT2D eigenvalue weighted by Crippen LogP contribution is -2.60. The summed E-state index contributed by atoms with van der Waals surface area (Å²) in [7, 11) is 0. The van der Waals surface area contributed by atoms with Gasteiger partial charge in [0.2, 0.25) is 5.91 Å². The molecule has 57 heavy (non-hydrogen) atoms. The maximum Gasteiger partial charge on any atom is 0.220 e. The molecule has 1 fully saturated rings. The molecule has 1 rings (SSSR count). The molecule has 0 aromatic carbocycles. The summed E-state index contributed by atoms with van der Waals surface area (Å²) in [6, 6.07) is -0.711. The van der Waals surface area contributed by atoms with E-state index in [-0.39, 0.29) is 12.5 Å². The lowest BCUT2D eigenvalue weighted by Gasteiger charge is -2.40. The van der Waals surface area contributed by atoms with Crippen molar-refractivity contribution in [2.45, 2.75) is 288 Å². The fourth-order valence-electron chi connectivity index (χ4n) is 8.22. The molecule has 0 aromatic rings. The minimum Gasteiger partial charge on any atom is -0.394 e. The second-order valence-electron chi connectivity index (χ2n) is 17.6. The van der Waals surface area contributed by atoms with Crippen molar-refractivity contribution in [3.05, 3.63) is 0 Å². The zero-order valence-electron chi connectivity index (χ0n) is 37.4. The Bertz CT molecular complexity index is 862. The summed E-state index contributed by atoms with van der Waals surface area (Å²) in [5.41, 5.74) is 0. The van der Waals surface area contributed by atoms with Crippen LogP contribution < -0.4 is 5.32 Å². The number of amides is 1. The van der Waals surface area contributed by atoms with Gasteiger partial charge < -0.3 is 40.3 Å². The molecule has 9 heteroatoms. The number of hydrogen-bond acceptors (Lipinski definition) is 8. The third-order valence-corrected chi connectivity index (χ3v) is 12.2. The molecule has 0 spiro atoms. The molecule has 7 atom stereocenters. The van der Waals surface area contributed by atoms with Crippen LogP contribution in [0.25, 0.3) is 0 Å². The summed E-state index contributed by atoms with van der Waals surface area (Å²) < 4.78 is 11.3. The van der Waals surface area contributed by atoms with Gasteiger partial charge in [0, 0.05) is 6.42 Å². The Balaban J connectivity index is 2.24. The maximum absolute atomic E-state index is 13.0. The van der Waals surface area contributed by atoms with Crippen molar-refractivity contribution >= 4 is 5.91 Å². The molecule has 1 aliphatic rings. The highest BCUT2D eigenvalue weighted by Crippen LogP contribution is 2.23. The summed E-state index contributed by atoms with van der Waals surface area (Å²) in [6.45, 7) is 3.85. The monoisotopic (exact) mass is 814 g/mol. The second kappa shape index (κ2) is 39.3. The Morgan fingerprint density at radius 2 is 0.877 bits per heavy atom. The average Bonchev–Trinajstić information content (AvgIpc) is 3.21. The number of rotatable bonds is 42. The van der Waals surface area contributed by atoms with E-state index >= 15 is 0 Å². The number of hydrogen-bond donors (Lipinski definition) is 6. The second-order valence-corrected chi connectivity index (χ2v) is 17.6. The van der Waals surface area contributed by atoms with E-state index < -0.39 is 49.5 Å². The average molecular weight is 814 g/mol. The Labute approximate surface area is 351 Å². The number of aliphatic hydroxyl groups is 5. The van der Waals surface area contributed by atoms with Crippen molar-refractivity contribution in [1.29, 1.82) is 0 Å². The number of aliphatic hydroxyl groups excluding tert-OH is 5. The van der Waals surface area contributed by atoms with Gasteiger partial charge in [0.25, 0.3) is 0 Å². The highest BCUT2D eigenvalue weighted by molar-refractivity contribution is 5.76. The van der Waals surface area contributed by atoms with Crippen molar-refractivity contribution in [3.63, 3.8) is 0 Å². The predicted octanol–water partition coefficient (Wildman–Crippen LogP) is 10.7. The summed E-state index contributed by atoms with van der Waals surface area (Å²) >= 11 is 0. The molecule has 0 radical (unpaired) electrons. The number of ether oxygens (including phenoxy) is 2. The standard InChI is InChI=1S/C48H95NO8/c1-3-5-7-9-11-13-15-17-18-19-20-21-22-23-24-26-28-30-32-34-36-38-44(52)49-41(40-56-48-47(55)46(54)45(53)43(39-50)57-48)42(51)37-35-33-31-29-27-25-16-14-12-10-8-6-4-2/h41-43,45-48,50-51,53-55H,3-40H2,1-2H3,(H,49,52)/t41-,42-,43+,45+,46-,47+,48+/m1/s1. The zero-order valence-corrected chi connectivity index (χ0v) is 37.4. The molecule has 0 aromatic heterocycles. The molecular weight excluding hydrogens is 719 g/mol. The van der Waals surface area contributed by atoms with E-state index in [4.69, 9.17) is 9.47 Å². The minimum absolute atomic E-state index is 0.132. The molecule has 1 amide bonds. The SMILES string of the molecule is CCCCCCCCCCCCCCCCCCCCCCCC(=O)N[C@H](CO[C@H]1O[C@@H](CO)[C@H](O)[C@@H](O)[C@@H]1O)[C@H](O)CCCCCCCCCCCCCCC. The fourth-order valence-corrected chi connectivity index (χ4v) is 8.22. The Hall–Kier alpha value is -0.810. The van der Waals surface area contributed by atoms with Crippen molar-refractivity contribution in [2.75, 3.05) is 13.2 Å². The van der Waals surface area contributed by atoms with Gasteiger partial charge in [-0.05, 0) is 12.8 Å². The predicted molar refractivity (Wildman–Crippen MR) is 235 cm³/mol.